The van der Waals surface area contributed by atoms with Crippen LogP contribution in [-0.2, 0) is 4.79 Å². The van der Waals surface area contributed by atoms with Crippen LogP contribution in [0.25, 0.3) is 0 Å². The quantitative estimate of drug-likeness (QED) is 0.769. The lowest BCUT2D eigenvalue weighted by atomic mass is 10.2. The summed E-state index contributed by atoms with van der Waals surface area (Å²) in [5, 5.41) is 0. The van der Waals surface area contributed by atoms with Crippen LogP contribution in [0.1, 0.15) is 6.42 Å². The highest BCUT2D eigenvalue weighted by Crippen LogP contribution is 2.18. The van der Waals surface area contributed by atoms with Crippen molar-refractivity contribution in [1.29, 1.82) is 0 Å². The van der Waals surface area contributed by atoms with Crippen molar-refractivity contribution in [3.8, 4) is 5.75 Å². The van der Waals surface area contributed by atoms with E-state index in [2.05, 4.69) is 0 Å². The molecule has 3 nitrogen and oxygen atoms in total. The fourth-order valence-electron chi connectivity index (χ4n) is 1.98. The average Bonchev–Trinajstić information content (AvgIpc) is 2.73. The van der Waals surface area contributed by atoms with Gasteiger partial charge < -0.3 is 9.64 Å². The summed E-state index contributed by atoms with van der Waals surface area (Å²) in [6.45, 7) is 1.66. The standard InChI is InChI=1S/C13H15ClFNO2/c14-8-10-7-13(17)16(9-10)5-6-18-12-3-1-11(15)2-4-12/h1-4,10H,5-9H2. The number of halogens is 2. The predicted octanol–water partition coefficient (Wildman–Crippen LogP) is 2.29. The van der Waals surface area contributed by atoms with Crippen LogP contribution in [-0.4, -0.2) is 36.4 Å². The number of carbonyl (C=O) groups excluding carboxylic acids is 1. The molecule has 1 aromatic carbocycles. The largest absolute Gasteiger partial charge is 0.492 e. The highest BCUT2D eigenvalue weighted by atomic mass is 35.5. The molecule has 1 aliphatic heterocycles. The monoisotopic (exact) mass is 271 g/mol. The van der Waals surface area contributed by atoms with Gasteiger partial charge in [-0.1, -0.05) is 0 Å². The molecule has 1 saturated heterocycles. The third-order valence-electron chi connectivity index (χ3n) is 2.96. The summed E-state index contributed by atoms with van der Waals surface area (Å²) < 4.78 is 18.1. The highest BCUT2D eigenvalue weighted by molar-refractivity contribution is 6.18. The van der Waals surface area contributed by atoms with Gasteiger partial charge >= 0.3 is 0 Å². The van der Waals surface area contributed by atoms with Gasteiger partial charge in [0.05, 0.1) is 6.54 Å². The van der Waals surface area contributed by atoms with Gasteiger partial charge in [-0.2, -0.15) is 0 Å². The lowest BCUT2D eigenvalue weighted by molar-refractivity contribution is -0.128. The molecule has 0 N–H and O–H groups in total. The third kappa shape index (κ3) is 3.35. The third-order valence-corrected chi connectivity index (χ3v) is 3.39. The Kier molecular flexibility index (Phi) is 4.42. The molecule has 0 saturated carbocycles. The number of hydrogen-bond donors (Lipinski definition) is 0. The molecule has 1 aromatic rings. The fourth-order valence-corrected chi connectivity index (χ4v) is 2.18. The Morgan fingerprint density at radius 1 is 1.39 bits per heavy atom. The average molecular weight is 272 g/mol. The number of amides is 1. The number of hydrogen-bond acceptors (Lipinski definition) is 2. The maximum absolute atomic E-state index is 12.7. The number of rotatable bonds is 5. The smallest absolute Gasteiger partial charge is 0.223 e. The molecular weight excluding hydrogens is 257 g/mol. The minimum Gasteiger partial charge on any atom is -0.492 e. The molecule has 0 spiro atoms. The van der Waals surface area contributed by atoms with E-state index in [0.717, 1.165) is 0 Å². The molecule has 0 bridgehead atoms. The van der Waals surface area contributed by atoms with E-state index in [1.165, 1.54) is 12.1 Å². The number of nitrogens with zero attached hydrogens (tertiary/aromatic N) is 1. The molecule has 5 heteroatoms. The van der Waals surface area contributed by atoms with E-state index in [9.17, 15) is 9.18 Å². The van der Waals surface area contributed by atoms with Gasteiger partial charge in [-0.15, -0.1) is 11.6 Å². The Morgan fingerprint density at radius 2 is 2.11 bits per heavy atom. The van der Waals surface area contributed by atoms with E-state index >= 15 is 0 Å². The number of carbonyl (C=O) groups is 1. The molecule has 1 aliphatic rings. The second-order valence-corrected chi connectivity index (χ2v) is 4.68. The predicted molar refractivity (Wildman–Crippen MR) is 67.3 cm³/mol. The van der Waals surface area contributed by atoms with Crippen molar-refractivity contribution in [1.82, 2.24) is 4.90 Å². The summed E-state index contributed by atoms with van der Waals surface area (Å²) >= 11 is 5.74. The topological polar surface area (TPSA) is 29.5 Å². The van der Waals surface area contributed by atoms with Crippen molar-refractivity contribution < 1.29 is 13.9 Å². The molecule has 1 heterocycles. The van der Waals surface area contributed by atoms with Gasteiger partial charge in [0.25, 0.3) is 0 Å². The first-order valence-corrected chi connectivity index (χ1v) is 6.44. The summed E-state index contributed by atoms with van der Waals surface area (Å²) in [5.41, 5.74) is 0. The number of alkyl halides is 1. The Morgan fingerprint density at radius 3 is 2.72 bits per heavy atom. The molecule has 18 heavy (non-hydrogen) atoms. The van der Waals surface area contributed by atoms with Crippen molar-refractivity contribution in [2.45, 2.75) is 6.42 Å². The van der Waals surface area contributed by atoms with Crippen LogP contribution in [0.5, 0.6) is 5.75 Å². The van der Waals surface area contributed by atoms with Crippen molar-refractivity contribution in [3.05, 3.63) is 30.1 Å². The van der Waals surface area contributed by atoms with Crippen LogP contribution in [0.2, 0.25) is 0 Å². The zero-order valence-corrected chi connectivity index (χ0v) is 10.7. The van der Waals surface area contributed by atoms with Gasteiger partial charge in [0.1, 0.15) is 18.2 Å². The van der Waals surface area contributed by atoms with E-state index in [4.69, 9.17) is 16.3 Å². The van der Waals surface area contributed by atoms with E-state index in [1.807, 2.05) is 0 Å². The van der Waals surface area contributed by atoms with Crippen molar-refractivity contribution in [2.75, 3.05) is 25.6 Å². The summed E-state index contributed by atoms with van der Waals surface area (Å²) in [4.78, 5) is 13.4. The van der Waals surface area contributed by atoms with Gasteiger partial charge in [-0.3, -0.25) is 4.79 Å². The Bertz CT molecular complexity index is 410. The normalized spacial score (nSPS) is 19.3. The van der Waals surface area contributed by atoms with Crippen molar-refractivity contribution in [2.24, 2.45) is 5.92 Å². The molecule has 1 atom stereocenters. The summed E-state index contributed by atoms with van der Waals surface area (Å²) in [5.74, 6) is 1.22. The minimum absolute atomic E-state index is 0.128. The number of ether oxygens (including phenoxy) is 1. The highest BCUT2D eigenvalue weighted by Gasteiger charge is 2.28. The first-order chi connectivity index (χ1) is 8.69. The van der Waals surface area contributed by atoms with Gasteiger partial charge in [0, 0.05) is 18.8 Å². The van der Waals surface area contributed by atoms with Crippen molar-refractivity contribution in [3.63, 3.8) is 0 Å². The zero-order chi connectivity index (χ0) is 13.0. The van der Waals surface area contributed by atoms with Crippen LogP contribution >= 0.6 is 11.6 Å². The molecule has 0 radical (unpaired) electrons. The van der Waals surface area contributed by atoms with E-state index in [0.29, 0.717) is 37.7 Å². The van der Waals surface area contributed by atoms with Gasteiger partial charge in [-0.05, 0) is 30.2 Å². The second kappa shape index (κ2) is 6.05. The van der Waals surface area contributed by atoms with Crippen LogP contribution in [0.15, 0.2) is 24.3 Å². The second-order valence-electron chi connectivity index (χ2n) is 4.37. The molecule has 2 rings (SSSR count). The Balaban J connectivity index is 1.75. The van der Waals surface area contributed by atoms with Crippen LogP contribution in [0.4, 0.5) is 4.39 Å². The van der Waals surface area contributed by atoms with Crippen LogP contribution < -0.4 is 4.74 Å². The molecule has 1 unspecified atom stereocenters. The zero-order valence-electron chi connectivity index (χ0n) is 9.94. The summed E-state index contributed by atoms with van der Waals surface area (Å²) in [7, 11) is 0. The van der Waals surface area contributed by atoms with Crippen LogP contribution in [0.3, 0.4) is 0 Å². The molecule has 0 aromatic heterocycles. The van der Waals surface area contributed by atoms with Gasteiger partial charge in [0.2, 0.25) is 5.91 Å². The van der Waals surface area contributed by atoms with Crippen molar-refractivity contribution >= 4 is 17.5 Å². The van der Waals surface area contributed by atoms with Gasteiger partial charge in [-0.25, -0.2) is 4.39 Å². The van der Waals surface area contributed by atoms with E-state index in [-0.39, 0.29) is 17.6 Å². The molecule has 1 amide bonds. The Hall–Kier alpha value is -1.29. The number of benzene rings is 1. The number of likely N-dealkylation sites (tertiary alicyclic amines) is 1. The first-order valence-electron chi connectivity index (χ1n) is 5.91. The van der Waals surface area contributed by atoms with E-state index in [1.54, 1.807) is 17.0 Å². The molecule has 1 fully saturated rings. The fraction of sp³-hybridized carbons (Fsp3) is 0.462. The lowest BCUT2D eigenvalue weighted by Gasteiger charge is -2.16. The molecular formula is C13H15ClFNO2. The molecule has 0 aliphatic carbocycles. The van der Waals surface area contributed by atoms with Crippen LogP contribution in [0, 0.1) is 11.7 Å². The van der Waals surface area contributed by atoms with Gasteiger partial charge in [0.15, 0.2) is 0 Å². The summed E-state index contributed by atoms with van der Waals surface area (Å²) in [6.07, 6.45) is 0.528. The lowest BCUT2D eigenvalue weighted by Crippen LogP contribution is -2.30. The maximum Gasteiger partial charge on any atom is 0.223 e. The minimum atomic E-state index is -0.290. The summed E-state index contributed by atoms with van der Waals surface area (Å²) in [6, 6.07) is 5.84. The molecule has 98 valence electrons. The maximum atomic E-state index is 12.7. The Labute approximate surface area is 110 Å². The first kappa shape index (κ1) is 13.1. The SMILES string of the molecule is O=C1CC(CCl)CN1CCOc1ccc(F)cc1. The van der Waals surface area contributed by atoms with E-state index < -0.39 is 0 Å².